The number of fused-ring (bicyclic) bond motifs is 1. The largest absolute Gasteiger partial charge is 0.441 e. The average molecular weight is 340 g/mol. The summed E-state index contributed by atoms with van der Waals surface area (Å²) in [4.78, 5) is 16.9. The van der Waals surface area contributed by atoms with Gasteiger partial charge in [-0.05, 0) is 44.9 Å². The molecule has 1 aromatic carbocycles. The van der Waals surface area contributed by atoms with Crippen LogP contribution in [0.1, 0.15) is 62.6 Å². The molecule has 0 atom stereocenters. The highest BCUT2D eigenvalue weighted by Gasteiger charge is 2.23. The van der Waals surface area contributed by atoms with Gasteiger partial charge < -0.3 is 9.73 Å². The summed E-state index contributed by atoms with van der Waals surface area (Å²) in [6.45, 7) is 12.2. The molecule has 6 nitrogen and oxygen atoms in total. The number of aryl methyl sites for hydroxylation is 1. The summed E-state index contributed by atoms with van der Waals surface area (Å²) >= 11 is 0. The number of carbonyl (C=O) groups excluding carboxylic acids is 1. The van der Waals surface area contributed by atoms with Crippen LogP contribution in [0.3, 0.4) is 0 Å². The summed E-state index contributed by atoms with van der Waals surface area (Å²) in [5.41, 5.74) is 3.35. The lowest BCUT2D eigenvalue weighted by atomic mass is 10.1. The molecule has 0 fully saturated rings. The first-order chi connectivity index (χ1) is 11.6. The Morgan fingerprint density at radius 1 is 1.24 bits per heavy atom. The number of benzene rings is 1. The predicted octanol–water partition coefficient (Wildman–Crippen LogP) is 4.46. The van der Waals surface area contributed by atoms with Crippen LogP contribution >= 0.6 is 0 Å². The van der Waals surface area contributed by atoms with Crippen LogP contribution in [0.15, 0.2) is 28.7 Å². The van der Waals surface area contributed by atoms with E-state index in [0.29, 0.717) is 22.9 Å². The van der Waals surface area contributed by atoms with Crippen molar-refractivity contribution in [3.05, 3.63) is 41.5 Å². The molecule has 0 saturated heterocycles. The van der Waals surface area contributed by atoms with Crippen LogP contribution in [-0.4, -0.2) is 20.7 Å². The van der Waals surface area contributed by atoms with Crippen LogP contribution < -0.4 is 5.32 Å². The lowest BCUT2D eigenvalue weighted by molar-refractivity contribution is 0.102. The zero-order valence-corrected chi connectivity index (χ0v) is 15.5. The van der Waals surface area contributed by atoms with Crippen LogP contribution in [-0.2, 0) is 5.54 Å². The highest BCUT2D eigenvalue weighted by atomic mass is 16.3. The molecule has 3 rings (SSSR count). The van der Waals surface area contributed by atoms with Crippen LogP contribution in [0.25, 0.3) is 11.1 Å². The van der Waals surface area contributed by atoms with E-state index >= 15 is 0 Å². The van der Waals surface area contributed by atoms with Crippen LogP contribution in [0, 0.1) is 6.92 Å². The maximum atomic E-state index is 12.6. The summed E-state index contributed by atoms with van der Waals surface area (Å²) in [6, 6.07) is 7.28. The van der Waals surface area contributed by atoms with Crippen molar-refractivity contribution in [2.75, 3.05) is 5.32 Å². The van der Waals surface area contributed by atoms with E-state index < -0.39 is 0 Å². The second-order valence-electron chi connectivity index (χ2n) is 7.56. The summed E-state index contributed by atoms with van der Waals surface area (Å²) in [7, 11) is 0. The lowest BCUT2D eigenvalue weighted by Gasteiger charge is -2.23. The van der Waals surface area contributed by atoms with Gasteiger partial charge in [0.2, 0.25) is 0 Å². The van der Waals surface area contributed by atoms with Gasteiger partial charge in [-0.15, -0.1) is 0 Å². The molecule has 0 bridgehead atoms. The second-order valence-corrected chi connectivity index (χ2v) is 7.56. The zero-order valence-electron chi connectivity index (χ0n) is 15.5. The van der Waals surface area contributed by atoms with E-state index in [1.54, 1.807) is 13.0 Å². The van der Waals surface area contributed by atoms with E-state index in [1.165, 1.54) is 0 Å². The molecule has 6 heteroatoms. The molecule has 2 aromatic heterocycles. The van der Waals surface area contributed by atoms with Crippen molar-refractivity contribution in [1.82, 2.24) is 14.8 Å². The molecule has 0 saturated carbocycles. The molecule has 1 N–H and O–H groups in total. The Morgan fingerprint density at radius 2 is 1.96 bits per heavy atom. The molecule has 0 aliphatic carbocycles. The van der Waals surface area contributed by atoms with Crippen molar-refractivity contribution in [1.29, 1.82) is 0 Å². The van der Waals surface area contributed by atoms with Gasteiger partial charge in [-0.1, -0.05) is 13.8 Å². The van der Waals surface area contributed by atoms with Crippen molar-refractivity contribution in [2.45, 2.75) is 53.0 Å². The SMILES string of the molecule is Cc1nc2ccc(NC(=O)c3cc(C(C)C)n(C(C)(C)C)n3)cc2o1. The molecule has 132 valence electrons. The summed E-state index contributed by atoms with van der Waals surface area (Å²) in [5, 5.41) is 7.42. The number of anilines is 1. The Bertz CT molecular complexity index is 929. The molecule has 1 amide bonds. The monoisotopic (exact) mass is 340 g/mol. The first-order valence-corrected chi connectivity index (χ1v) is 8.44. The van der Waals surface area contributed by atoms with Gasteiger partial charge in [-0.2, -0.15) is 5.10 Å². The van der Waals surface area contributed by atoms with Crippen molar-refractivity contribution in [3.63, 3.8) is 0 Å². The standard InChI is InChI=1S/C19H24N4O2/c1-11(2)16-10-15(22-23(16)19(4,5)6)18(24)21-13-7-8-14-17(9-13)25-12(3)20-14/h7-11H,1-6H3,(H,21,24). The van der Waals surface area contributed by atoms with Crippen LogP contribution in [0.5, 0.6) is 0 Å². The summed E-state index contributed by atoms with van der Waals surface area (Å²) < 4.78 is 7.44. The normalized spacial score (nSPS) is 12.1. The number of rotatable bonds is 3. The maximum Gasteiger partial charge on any atom is 0.276 e. The number of hydrogen-bond donors (Lipinski definition) is 1. The molecule has 25 heavy (non-hydrogen) atoms. The Kier molecular flexibility index (Phi) is 4.14. The quantitative estimate of drug-likeness (QED) is 0.764. The third-order valence-corrected chi connectivity index (χ3v) is 3.95. The van der Waals surface area contributed by atoms with Gasteiger partial charge in [0.05, 0.1) is 5.54 Å². The van der Waals surface area contributed by atoms with E-state index in [9.17, 15) is 4.79 Å². The molecule has 0 spiro atoms. The van der Waals surface area contributed by atoms with Gasteiger partial charge >= 0.3 is 0 Å². The fraction of sp³-hybridized carbons (Fsp3) is 0.421. The Hall–Kier alpha value is -2.63. The van der Waals surface area contributed by atoms with E-state index in [-0.39, 0.29) is 17.4 Å². The molecular weight excluding hydrogens is 316 g/mol. The second kappa shape index (κ2) is 6.02. The molecule has 0 aliphatic rings. The third kappa shape index (κ3) is 3.43. The summed E-state index contributed by atoms with van der Waals surface area (Å²) in [5.74, 6) is 0.645. The number of aromatic nitrogens is 3. The molecule has 0 unspecified atom stereocenters. The number of oxazole rings is 1. The first-order valence-electron chi connectivity index (χ1n) is 8.44. The highest BCUT2D eigenvalue weighted by molar-refractivity contribution is 6.03. The lowest BCUT2D eigenvalue weighted by Crippen LogP contribution is -2.26. The fourth-order valence-corrected chi connectivity index (χ4v) is 2.77. The molecule has 2 heterocycles. The Morgan fingerprint density at radius 3 is 2.56 bits per heavy atom. The molecule has 0 radical (unpaired) electrons. The zero-order chi connectivity index (χ0) is 18.4. The molecule has 0 aliphatic heterocycles. The minimum atomic E-state index is -0.236. The number of amides is 1. The van der Waals surface area contributed by atoms with Gasteiger partial charge in [-0.25, -0.2) is 4.98 Å². The Balaban J connectivity index is 1.89. The predicted molar refractivity (Wildman–Crippen MR) is 98.0 cm³/mol. The number of hydrogen-bond acceptors (Lipinski definition) is 4. The summed E-state index contributed by atoms with van der Waals surface area (Å²) in [6.07, 6.45) is 0. The van der Waals surface area contributed by atoms with Crippen LogP contribution in [0.4, 0.5) is 5.69 Å². The number of nitrogens with zero attached hydrogens (tertiary/aromatic N) is 3. The highest BCUT2D eigenvalue weighted by Crippen LogP contribution is 2.24. The van der Waals surface area contributed by atoms with Crippen molar-refractivity contribution < 1.29 is 9.21 Å². The minimum Gasteiger partial charge on any atom is -0.441 e. The van der Waals surface area contributed by atoms with Crippen molar-refractivity contribution in [3.8, 4) is 0 Å². The van der Waals surface area contributed by atoms with E-state index in [0.717, 1.165) is 11.2 Å². The number of nitrogens with one attached hydrogen (secondary N) is 1. The van der Waals surface area contributed by atoms with E-state index in [2.05, 4.69) is 50.0 Å². The minimum absolute atomic E-state index is 0.186. The topological polar surface area (TPSA) is 73.0 Å². The van der Waals surface area contributed by atoms with Gasteiger partial charge in [0, 0.05) is 24.4 Å². The van der Waals surface area contributed by atoms with E-state index in [4.69, 9.17) is 4.42 Å². The number of carbonyl (C=O) groups is 1. The van der Waals surface area contributed by atoms with Gasteiger partial charge in [0.25, 0.3) is 5.91 Å². The van der Waals surface area contributed by atoms with Gasteiger partial charge in [0.1, 0.15) is 5.52 Å². The van der Waals surface area contributed by atoms with Crippen molar-refractivity contribution in [2.24, 2.45) is 0 Å². The average Bonchev–Trinajstić information content (AvgIpc) is 3.09. The van der Waals surface area contributed by atoms with Crippen molar-refractivity contribution >= 4 is 22.7 Å². The maximum absolute atomic E-state index is 12.6. The van der Waals surface area contributed by atoms with Crippen LogP contribution in [0.2, 0.25) is 0 Å². The smallest absolute Gasteiger partial charge is 0.276 e. The molecule has 3 aromatic rings. The fourth-order valence-electron chi connectivity index (χ4n) is 2.77. The Labute approximate surface area is 147 Å². The third-order valence-electron chi connectivity index (χ3n) is 3.95. The first kappa shape index (κ1) is 17.2. The van der Waals surface area contributed by atoms with Gasteiger partial charge in [0.15, 0.2) is 17.2 Å². The van der Waals surface area contributed by atoms with Gasteiger partial charge in [-0.3, -0.25) is 9.48 Å². The molecular formula is C19H24N4O2. The van der Waals surface area contributed by atoms with E-state index in [1.807, 2.05) is 22.9 Å².